The number of pyridine rings is 1. The van der Waals surface area contributed by atoms with E-state index in [1.54, 1.807) is 13.3 Å². The normalized spacial score (nSPS) is 17.1. The van der Waals surface area contributed by atoms with Gasteiger partial charge in [0.2, 0.25) is 5.88 Å². The Kier molecular flexibility index (Phi) is 11.7. The van der Waals surface area contributed by atoms with E-state index < -0.39 is 0 Å². The third kappa shape index (κ3) is 7.10. The van der Waals surface area contributed by atoms with Gasteiger partial charge in [0.25, 0.3) is 0 Å². The molecule has 0 amide bonds. The van der Waals surface area contributed by atoms with E-state index in [9.17, 15) is 0 Å². The average Bonchev–Trinajstić information content (AvgIpc) is 3.14. The summed E-state index contributed by atoms with van der Waals surface area (Å²) in [6.45, 7) is 8.47. The molecule has 154 valence electrons. The van der Waals surface area contributed by atoms with Crippen LogP contribution >= 0.6 is 24.0 Å². The summed E-state index contributed by atoms with van der Waals surface area (Å²) in [4.78, 5) is 11.2. The highest BCUT2D eigenvalue weighted by molar-refractivity contribution is 14.0. The number of ether oxygens (including phenoxy) is 2. The van der Waals surface area contributed by atoms with Crippen molar-refractivity contribution in [1.82, 2.24) is 15.2 Å². The molecule has 0 spiro atoms. The molecule has 0 bridgehead atoms. The molecule has 1 unspecified atom stereocenters. The largest absolute Gasteiger partial charge is 0.475 e. The second-order valence-corrected chi connectivity index (χ2v) is 6.78. The molecular weight excluding hydrogens is 455 g/mol. The molecule has 2 heterocycles. The molecule has 2 rings (SSSR count). The maximum atomic E-state index is 5.72. The number of aromatic nitrogens is 1. The molecule has 0 radical (unpaired) electrons. The van der Waals surface area contributed by atoms with E-state index >= 15 is 0 Å². The molecule has 1 aromatic heterocycles. The summed E-state index contributed by atoms with van der Waals surface area (Å²) >= 11 is 0. The number of nitrogens with zero attached hydrogens (tertiary/aromatic N) is 3. The van der Waals surface area contributed by atoms with Crippen molar-refractivity contribution < 1.29 is 9.47 Å². The van der Waals surface area contributed by atoms with Crippen LogP contribution in [0.4, 0.5) is 0 Å². The topological polar surface area (TPSA) is 59.0 Å². The minimum Gasteiger partial charge on any atom is -0.475 e. The Morgan fingerprint density at radius 2 is 2.15 bits per heavy atom. The van der Waals surface area contributed by atoms with Crippen LogP contribution in [-0.2, 0) is 11.3 Å². The lowest BCUT2D eigenvalue weighted by atomic mass is 9.87. The third-order valence-electron chi connectivity index (χ3n) is 5.26. The van der Waals surface area contributed by atoms with Gasteiger partial charge in [-0.1, -0.05) is 32.8 Å². The van der Waals surface area contributed by atoms with E-state index in [1.165, 1.54) is 19.3 Å². The molecule has 1 aliphatic rings. The summed E-state index contributed by atoms with van der Waals surface area (Å²) in [6, 6.07) is 3.97. The Morgan fingerprint density at radius 3 is 2.81 bits per heavy atom. The van der Waals surface area contributed by atoms with Crippen molar-refractivity contribution in [2.24, 2.45) is 16.8 Å². The zero-order valence-electron chi connectivity index (χ0n) is 17.1. The average molecular weight is 490 g/mol. The van der Waals surface area contributed by atoms with Crippen molar-refractivity contribution in [2.75, 3.05) is 40.5 Å². The quantitative estimate of drug-likeness (QED) is 0.248. The fourth-order valence-corrected chi connectivity index (χ4v) is 3.74. The van der Waals surface area contributed by atoms with E-state index in [0.717, 1.165) is 36.4 Å². The van der Waals surface area contributed by atoms with Crippen LogP contribution < -0.4 is 10.1 Å². The van der Waals surface area contributed by atoms with E-state index in [2.05, 4.69) is 34.0 Å². The Bertz CT molecular complexity index is 567. The number of methoxy groups -OCH3 is 1. The van der Waals surface area contributed by atoms with Gasteiger partial charge in [-0.2, -0.15) is 0 Å². The van der Waals surface area contributed by atoms with Crippen LogP contribution in [0.25, 0.3) is 0 Å². The Balaban J connectivity index is 0.00000364. The summed E-state index contributed by atoms with van der Waals surface area (Å²) in [6.07, 6.45) is 5.53. The molecule has 0 aliphatic carbocycles. The lowest BCUT2D eigenvalue weighted by Crippen LogP contribution is -2.40. The zero-order chi connectivity index (χ0) is 18.8. The van der Waals surface area contributed by atoms with Gasteiger partial charge in [-0.25, -0.2) is 4.98 Å². The van der Waals surface area contributed by atoms with Crippen molar-refractivity contribution in [3.05, 3.63) is 23.9 Å². The lowest BCUT2D eigenvalue weighted by Gasteiger charge is -2.24. The van der Waals surface area contributed by atoms with E-state index in [1.807, 2.05) is 19.2 Å². The highest BCUT2D eigenvalue weighted by Gasteiger charge is 2.29. The van der Waals surface area contributed by atoms with Gasteiger partial charge in [0.15, 0.2) is 5.96 Å². The van der Waals surface area contributed by atoms with Crippen LogP contribution in [0.2, 0.25) is 0 Å². The van der Waals surface area contributed by atoms with Crippen LogP contribution in [0, 0.1) is 11.8 Å². The van der Waals surface area contributed by atoms with Crippen molar-refractivity contribution in [3.63, 3.8) is 0 Å². The standard InChI is InChI=1S/C20H34N4O2.HI/c1-5-16(6-2)18-9-11-24(15-18)20(21-3)23-14-17-8-7-10-22-19(17)26-13-12-25-4;/h7-8,10,16,18H,5-6,9,11-15H2,1-4H3,(H,21,23);1H. The van der Waals surface area contributed by atoms with Gasteiger partial charge in [0.05, 0.1) is 6.61 Å². The van der Waals surface area contributed by atoms with Gasteiger partial charge in [-0.15, -0.1) is 24.0 Å². The van der Waals surface area contributed by atoms with E-state index in [4.69, 9.17) is 9.47 Å². The number of guanidine groups is 1. The molecule has 6 nitrogen and oxygen atoms in total. The summed E-state index contributed by atoms with van der Waals surface area (Å²) in [5.41, 5.74) is 1.03. The van der Waals surface area contributed by atoms with E-state index in [0.29, 0.717) is 25.6 Å². The Morgan fingerprint density at radius 1 is 1.37 bits per heavy atom. The third-order valence-corrected chi connectivity index (χ3v) is 5.26. The maximum absolute atomic E-state index is 5.72. The first kappa shape index (κ1) is 23.9. The highest BCUT2D eigenvalue weighted by atomic mass is 127. The minimum atomic E-state index is 0. The molecule has 1 fully saturated rings. The van der Waals surface area contributed by atoms with Crippen molar-refractivity contribution in [1.29, 1.82) is 0 Å². The molecule has 0 saturated carbocycles. The smallest absolute Gasteiger partial charge is 0.218 e. The van der Waals surface area contributed by atoms with Crippen LogP contribution in [0.1, 0.15) is 38.7 Å². The summed E-state index contributed by atoms with van der Waals surface area (Å²) in [5.74, 6) is 3.21. The van der Waals surface area contributed by atoms with Gasteiger partial charge in [-0.3, -0.25) is 4.99 Å². The van der Waals surface area contributed by atoms with Gasteiger partial charge in [0.1, 0.15) is 6.61 Å². The molecule has 1 N–H and O–H groups in total. The zero-order valence-corrected chi connectivity index (χ0v) is 19.4. The first-order chi connectivity index (χ1) is 12.7. The molecular formula is C20H35IN4O2. The van der Waals surface area contributed by atoms with Gasteiger partial charge in [-0.05, 0) is 24.3 Å². The molecule has 7 heteroatoms. The van der Waals surface area contributed by atoms with E-state index in [-0.39, 0.29) is 24.0 Å². The maximum Gasteiger partial charge on any atom is 0.218 e. The minimum absolute atomic E-state index is 0. The predicted octanol–water partition coefficient (Wildman–Crippen LogP) is 3.56. The second kappa shape index (κ2) is 13.1. The Labute approximate surface area is 181 Å². The van der Waals surface area contributed by atoms with Gasteiger partial charge >= 0.3 is 0 Å². The monoisotopic (exact) mass is 490 g/mol. The van der Waals surface area contributed by atoms with Crippen molar-refractivity contribution in [2.45, 2.75) is 39.7 Å². The second-order valence-electron chi connectivity index (χ2n) is 6.78. The van der Waals surface area contributed by atoms with Crippen LogP contribution in [-0.4, -0.2) is 56.3 Å². The molecule has 0 aromatic carbocycles. The summed E-state index contributed by atoms with van der Waals surface area (Å²) < 4.78 is 10.8. The van der Waals surface area contributed by atoms with Crippen molar-refractivity contribution >= 4 is 29.9 Å². The molecule has 1 aromatic rings. The van der Waals surface area contributed by atoms with Gasteiger partial charge < -0.3 is 19.7 Å². The van der Waals surface area contributed by atoms with Crippen molar-refractivity contribution in [3.8, 4) is 5.88 Å². The first-order valence-corrected chi connectivity index (χ1v) is 9.74. The summed E-state index contributed by atoms with van der Waals surface area (Å²) in [5, 5.41) is 3.48. The molecule has 1 aliphatic heterocycles. The number of aliphatic imine (C=N–C) groups is 1. The number of hydrogen-bond acceptors (Lipinski definition) is 4. The predicted molar refractivity (Wildman–Crippen MR) is 121 cm³/mol. The number of halogens is 1. The Hall–Kier alpha value is -1.09. The highest BCUT2D eigenvalue weighted by Crippen LogP contribution is 2.28. The first-order valence-electron chi connectivity index (χ1n) is 9.74. The number of rotatable bonds is 9. The molecule has 27 heavy (non-hydrogen) atoms. The fourth-order valence-electron chi connectivity index (χ4n) is 3.74. The van der Waals surface area contributed by atoms with Crippen LogP contribution in [0.3, 0.4) is 0 Å². The lowest BCUT2D eigenvalue weighted by molar-refractivity contribution is 0.143. The van der Waals surface area contributed by atoms with Crippen LogP contribution in [0.15, 0.2) is 23.3 Å². The number of hydrogen-bond donors (Lipinski definition) is 1. The SMILES string of the molecule is CCC(CC)C1CCN(C(=NC)NCc2cccnc2OCCOC)C1.I. The van der Waals surface area contributed by atoms with Crippen LogP contribution in [0.5, 0.6) is 5.88 Å². The molecule has 1 saturated heterocycles. The fraction of sp³-hybridized carbons (Fsp3) is 0.700. The summed E-state index contributed by atoms with van der Waals surface area (Å²) in [7, 11) is 3.52. The van der Waals surface area contributed by atoms with Gasteiger partial charge in [0, 0.05) is 45.6 Å². The molecule has 1 atom stereocenters. The number of likely N-dealkylation sites (tertiary alicyclic amines) is 1. The number of nitrogens with one attached hydrogen (secondary N) is 1.